The molecular formula is C11H13BrClN3. The van der Waals surface area contributed by atoms with Crippen molar-refractivity contribution in [2.75, 3.05) is 0 Å². The lowest BCUT2D eigenvalue weighted by atomic mass is 9.90. The summed E-state index contributed by atoms with van der Waals surface area (Å²) in [6.45, 7) is 6.38. The summed E-state index contributed by atoms with van der Waals surface area (Å²) in [5, 5.41) is 6.15. The van der Waals surface area contributed by atoms with Gasteiger partial charge in [0.1, 0.15) is 0 Å². The van der Waals surface area contributed by atoms with Gasteiger partial charge in [-0.25, -0.2) is 4.98 Å². The van der Waals surface area contributed by atoms with Crippen LogP contribution in [0.5, 0.6) is 0 Å². The highest BCUT2D eigenvalue weighted by atomic mass is 79.9. The molecule has 86 valence electrons. The van der Waals surface area contributed by atoms with E-state index in [0.29, 0.717) is 5.02 Å². The lowest BCUT2D eigenvalue weighted by molar-refractivity contribution is 0.557. The Kier molecular flexibility index (Phi) is 2.75. The third-order valence-corrected chi connectivity index (χ3v) is 3.80. The quantitative estimate of drug-likeness (QED) is 0.743. The van der Waals surface area contributed by atoms with Crippen LogP contribution in [0.1, 0.15) is 26.5 Å². The van der Waals surface area contributed by atoms with E-state index in [4.69, 9.17) is 11.6 Å². The second-order valence-electron chi connectivity index (χ2n) is 4.84. The van der Waals surface area contributed by atoms with Gasteiger partial charge < -0.3 is 0 Å². The van der Waals surface area contributed by atoms with Crippen molar-refractivity contribution in [3.8, 4) is 0 Å². The van der Waals surface area contributed by atoms with Crippen LogP contribution in [0, 0.1) is 0 Å². The summed E-state index contributed by atoms with van der Waals surface area (Å²) >= 11 is 9.58. The van der Waals surface area contributed by atoms with E-state index in [1.807, 2.05) is 7.05 Å². The minimum atomic E-state index is -0.0333. The Bertz CT molecular complexity index is 554. The van der Waals surface area contributed by atoms with Gasteiger partial charge in [-0.1, -0.05) is 32.4 Å². The number of rotatable bonds is 0. The summed E-state index contributed by atoms with van der Waals surface area (Å²) in [6, 6.07) is 0. The Hall–Kier alpha value is -0.610. The number of pyridine rings is 1. The Morgan fingerprint density at radius 3 is 2.56 bits per heavy atom. The number of nitrogens with zero attached hydrogens (tertiary/aromatic N) is 3. The van der Waals surface area contributed by atoms with Crippen LogP contribution in [0.4, 0.5) is 0 Å². The third kappa shape index (κ3) is 1.74. The first kappa shape index (κ1) is 11.9. The molecule has 0 radical (unpaired) electrons. The topological polar surface area (TPSA) is 30.7 Å². The molecule has 0 spiro atoms. The molecule has 2 heterocycles. The Balaban J connectivity index is 2.92. The van der Waals surface area contributed by atoms with Gasteiger partial charge in [-0.3, -0.25) is 4.68 Å². The maximum atomic E-state index is 6.07. The standard InChI is InChI=1S/C11H13BrClN3/c1-11(2,3)9-7-8(12)6(13)5-14-10(7)16(4)15-9/h5H,1-4H3. The van der Waals surface area contributed by atoms with Crippen LogP contribution in [-0.4, -0.2) is 14.8 Å². The van der Waals surface area contributed by atoms with Crippen LogP contribution in [0.3, 0.4) is 0 Å². The summed E-state index contributed by atoms with van der Waals surface area (Å²) in [5.74, 6) is 0. The van der Waals surface area contributed by atoms with Crippen LogP contribution < -0.4 is 0 Å². The molecule has 0 saturated carbocycles. The first-order valence-electron chi connectivity index (χ1n) is 4.99. The number of hydrogen-bond acceptors (Lipinski definition) is 2. The molecule has 0 saturated heterocycles. The van der Waals surface area contributed by atoms with Crippen LogP contribution in [0.25, 0.3) is 11.0 Å². The fourth-order valence-corrected chi connectivity index (χ4v) is 2.29. The molecule has 2 rings (SSSR count). The molecule has 0 atom stereocenters. The molecule has 16 heavy (non-hydrogen) atoms. The van der Waals surface area contributed by atoms with E-state index in [2.05, 4.69) is 46.8 Å². The number of aryl methyl sites for hydroxylation is 1. The normalized spacial score (nSPS) is 12.4. The van der Waals surface area contributed by atoms with E-state index in [1.54, 1.807) is 10.9 Å². The Morgan fingerprint density at radius 1 is 1.38 bits per heavy atom. The number of halogens is 2. The zero-order valence-electron chi connectivity index (χ0n) is 9.67. The SMILES string of the molecule is Cn1nc(C(C)(C)C)c2c(Br)c(Cl)cnc21. The van der Waals surface area contributed by atoms with Crippen molar-refractivity contribution < 1.29 is 0 Å². The maximum Gasteiger partial charge on any atom is 0.159 e. The molecule has 0 aromatic carbocycles. The zero-order chi connectivity index (χ0) is 12.1. The van der Waals surface area contributed by atoms with Gasteiger partial charge in [-0.05, 0) is 15.9 Å². The number of hydrogen-bond donors (Lipinski definition) is 0. The van der Waals surface area contributed by atoms with E-state index >= 15 is 0 Å². The average Bonchev–Trinajstić information content (AvgIpc) is 2.50. The van der Waals surface area contributed by atoms with Crippen LogP contribution >= 0.6 is 27.5 Å². The number of fused-ring (bicyclic) bond motifs is 1. The van der Waals surface area contributed by atoms with Gasteiger partial charge in [0, 0.05) is 18.7 Å². The minimum Gasteiger partial charge on any atom is -0.250 e. The largest absolute Gasteiger partial charge is 0.250 e. The van der Waals surface area contributed by atoms with Crippen molar-refractivity contribution >= 4 is 38.6 Å². The summed E-state index contributed by atoms with van der Waals surface area (Å²) < 4.78 is 2.66. The van der Waals surface area contributed by atoms with Crippen molar-refractivity contribution in [3.05, 3.63) is 21.4 Å². The zero-order valence-corrected chi connectivity index (χ0v) is 12.0. The van der Waals surface area contributed by atoms with Gasteiger partial charge in [0.2, 0.25) is 0 Å². The highest BCUT2D eigenvalue weighted by Crippen LogP contribution is 2.36. The third-order valence-electron chi connectivity index (χ3n) is 2.46. The molecule has 0 unspecified atom stereocenters. The second-order valence-corrected chi connectivity index (χ2v) is 6.04. The molecule has 3 nitrogen and oxygen atoms in total. The van der Waals surface area contributed by atoms with Gasteiger partial charge in [-0.15, -0.1) is 0 Å². The molecule has 0 amide bonds. The number of aromatic nitrogens is 3. The van der Waals surface area contributed by atoms with Gasteiger partial charge in [-0.2, -0.15) is 5.10 Å². The van der Waals surface area contributed by atoms with Crippen molar-refractivity contribution in [2.45, 2.75) is 26.2 Å². The molecule has 0 N–H and O–H groups in total. The average molecular weight is 303 g/mol. The fraction of sp³-hybridized carbons (Fsp3) is 0.455. The Labute approximate surface area is 108 Å². The van der Waals surface area contributed by atoms with Gasteiger partial charge >= 0.3 is 0 Å². The monoisotopic (exact) mass is 301 g/mol. The second kappa shape index (κ2) is 3.70. The fourth-order valence-electron chi connectivity index (χ4n) is 1.68. The van der Waals surface area contributed by atoms with E-state index < -0.39 is 0 Å². The Morgan fingerprint density at radius 2 is 2.00 bits per heavy atom. The van der Waals surface area contributed by atoms with E-state index in [9.17, 15) is 0 Å². The minimum absolute atomic E-state index is 0.0333. The highest BCUT2D eigenvalue weighted by molar-refractivity contribution is 9.10. The molecule has 0 fully saturated rings. The molecule has 0 bridgehead atoms. The summed E-state index contributed by atoms with van der Waals surface area (Å²) in [4.78, 5) is 4.31. The van der Waals surface area contributed by atoms with Crippen LogP contribution in [0.2, 0.25) is 5.02 Å². The summed E-state index contributed by atoms with van der Waals surface area (Å²) in [7, 11) is 1.89. The molecule has 0 aliphatic carbocycles. The van der Waals surface area contributed by atoms with Gasteiger partial charge in [0.25, 0.3) is 0 Å². The lowest BCUT2D eigenvalue weighted by Gasteiger charge is -2.15. The maximum absolute atomic E-state index is 6.07. The van der Waals surface area contributed by atoms with Crippen molar-refractivity contribution in [1.82, 2.24) is 14.8 Å². The van der Waals surface area contributed by atoms with E-state index in [-0.39, 0.29) is 5.41 Å². The predicted octanol–water partition coefficient (Wildman–Crippen LogP) is 3.68. The van der Waals surface area contributed by atoms with Gasteiger partial charge in [0.05, 0.1) is 20.6 Å². The molecular weight excluding hydrogens is 289 g/mol. The molecule has 0 aliphatic rings. The smallest absolute Gasteiger partial charge is 0.159 e. The molecule has 2 aromatic heterocycles. The van der Waals surface area contributed by atoms with Crippen LogP contribution in [-0.2, 0) is 12.5 Å². The van der Waals surface area contributed by atoms with Crippen molar-refractivity contribution in [1.29, 1.82) is 0 Å². The van der Waals surface area contributed by atoms with E-state index in [0.717, 1.165) is 21.2 Å². The van der Waals surface area contributed by atoms with Crippen molar-refractivity contribution in [2.24, 2.45) is 7.05 Å². The highest BCUT2D eigenvalue weighted by Gasteiger charge is 2.24. The van der Waals surface area contributed by atoms with Gasteiger partial charge in [0.15, 0.2) is 5.65 Å². The lowest BCUT2D eigenvalue weighted by Crippen LogP contribution is -2.13. The first-order valence-corrected chi connectivity index (χ1v) is 6.16. The first-order chi connectivity index (χ1) is 7.32. The predicted molar refractivity (Wildman–Crippen MR) is 69.9 cm³/mol. The molecule has 0 aliphatic heterocycles. The molecule has 2 aromatic rings. The molecule has 5 heteroatoms. The summed E-state index contributed by atoms with van der Waals surface area (Å²) in [6.07, 6.45) is 1.64. The summed E-state index contributed by atoms with van der Waals surface area (Å²) in [5.41, 5.74) is 1.82. The van der Waals surface area contributed by atoms with Crippen LogP contribution in [0.15, 0.2) is 10.7 Å². The van der Waals surface area contributed by atoms with E-state index in [1.165, 1.54) is 0 Å². The van der Waals surface area contributed by atoms with Crippen molar-refractivity contribution in [3.63, 3.8) is 0 Å².